The van der Waals surface area contributed by atoms with E-state index >= 15 is 0 Å². The van der Waals surface area contributed by atoms with Crippen molar-refractivity contribution in [3.63, 3.8) is 0 Å². The molecule has 5 nitrogen and oxygen atoms in total. The van der Waals surface area contributed by atoms with Crippen LogP contribution in [0.1, 0.15) is 34.5 Å². The highest BCUT2D eigenvalue weighted by molar-refractivity contribution is 5.87. The van der Waals surface area contributed by atoms with Crippen LogP contribution in [0.3, 0.4) is 0 Å². The Morgan fingerprint density at radius 3 is 2.94 bits per heavy atom. The lowest BCUT2D eigenvalue weighted by Gasteiger charge is -2.13. The number of methoxy groups -OCH3 is 1. The molecule has 0 radical (unpaired) electrons. The molecule has 1 aliphatic rings. The maximum atomic E-state index is 12.1. The van der Waals surface area contributed by atoms with Gasteiger partial charge in [-0.3, -0.25) is 4.79 Å². The molecule has 0 spiro atoms. The summed E-state index contributed by atoms with van der Waals surface area (Å²) in [4.78, 5) is 23.2. The number of rotatable bonds is 5. The third kappa shape index (κ3) is 2.31. The molecule has 1 aliphatic carbocycles. The van der Waals surface area contributed by atoms with Gasteiger partial charge in [-0.05, 0) is 37.3 Å². The summed E-state index contributed by atoms with van der Waals surface area (Å²) in [6.45, 7) is 1.09. The quantitative estimate of drug-likeness (QED) is 0.795. The van der Waals surface area contributed by atoms with Crippen molar-refractivity contribution in [3.05, 3.63) is 33.2 Å². The Morgan fingerprint density at radius 1 is 1.50 bits per heavy atom. The van der Waals surface area contributed by atoms with Crippen LogP contribution in [0.25, 0.3) is 0 Å². The van der Waals surface area contributed by atoms with Gasteiger partial charge >= 0.3 is 5.97 Å². The SMILES string of the molecule is COCCCn1c2c(cc(C(=O)O)c1=O)CCC2. The molecule has 5 heteroatoms. The molecule has 0 bridgehead atoms. The topological polar surface area (TPSA) is 68.5 Å². The fraction of sp³-hybridized carbons (Fsp3) is 0.538. The lowest BCUT2D eigenvalue weighted by Crippen LogP contribution is -2.29. The Morgan fingerprint density at radius 2 is 2.28 bits per heavy atom. The molecule has 2 rings (SSSR count). The van der Waals surface area contributed by atoms with E-state index in [1.807, 2.05) is 0 Å². The van der Waals surface area contributed by atoms with Crippen molar-refractivity contribution >= 4 is 5.97 Å². The van der Waals surface area contributed by atoms with Crippen molar-refractivity contribution in [1.29, 1.82) is 0 Å². The summed E-state index contributed by atoms with van der Waals surface area (Å²) < 4.78 is 6.58. The van der Waals surface area contributed by atoms with E-state index in [0.29, 0.717) is 19.6 Å². The van der Waals surface area contributed by atoms with Gasteiger partial charge in [0.25, 0.3) is 5.56 Å². The normalized spacial score (nSPS) is 13.6. The maximum absolute atomic E-state index is 12.1. The number of carbonyl (C=O) groups is 1. The first-order valence-electron chi connectivity index (χ1n) is 6.13. The average Bonchev–Trinajstić information content (AvgIpc) is 2.79. The predicted molar refractivity (Wildman–Crippen MR) is 66.2 cm³/mol. The summed E-state index contributed by atoms with van der Waals surface area (Å²) in [5.74, 6) is -1.14. The summed E-state index contributed by atoms with van der Waals surface area (Å²) in [5, 5.41) is 9.05. The van der Waals surface area contributed by atoms with Crippen LogP contribution in [0.5, 0.6) is 0 Å². The Labute approximate surface area is 105 Å². The lowest BCUT2D eigenvalue weighted by atomic mass is 10.1. The molecule has 0 aromatic carbocycles. The number of aromatic nitrogens is 1. The second-order valence-electron chi connectivity index (χ2n) is 4.49. The van der Waals surface area contributed by atoms with E-state index < -0.39 is 5.97 Å². The molecule has 1 heterocycles. The molecule has 0 saturated heterocycles. The van der Waals surface area contributed by atoms with Crippen molar-refractivity contribution in [1.82, 2.24) is 4.57 Å². The third-order valence-electron chi connectivity index (χ3n) is 3.31. The van der Waals surface area contributed by atoms with Crippen LogP contribution in [0, 0.1) is 0 Å². The van der Waals surface area contributed by atoms with E-state index in [0.717, 1.165) is 30.5 Å². The van der Waals surface area contributed by atoms with Crippen molar-refractivity contribution in [2.75, 3.05) is 13.7 Å². The monoisotopic (exact) mass is 251 g/mol. The highest BCUT2D eigenvalue weighted by Crippen LogP contribution is 2.21. The van der Waals surface area contributed by atoms with Crippen molar-refractivity contribution in [2.45, 2.75) is 32.2 Å². The number of pyridine rings is 1. The maximum Gasteiger partial charge on any atom is 0.341 e. The van der Waals surface area contributed by atoms with Crippen LogP contribution in [0.4, 0.5) is 0 Å². The summed E-state index contributed by atoms with van der Waals surface area (Å²) in [5.41, 5.74) is 1.50. The molecule has 98 valence electrons. The van der Waals surface area contributed by atoms with E-state index in [1.165, 1.54) is 0 Å². The van der Waals surface area contributed by atoms with Crippen molar-refractivity contribution < 1.29 is 14.6 Å². The molecule has 1 aromatic heterocycles. The number of hydrogen-bond donors (Lipinski definition) is 1. The highest BCUT2D eigenvalue weighted by Gasteiger charge is 2.21. The smallest absolute Gasteiger partial charge is 0.341 e. The Hall–Kier alpha value is -1.62. The number of fused-ring (bicyclic) bond motifs is 1. The molecule has 0 fully saturated rings. The van der Waals surface area contributed by atoms with Gasteiger partial charge in [0, 0.05) is 26.0 Å². The molecule has 0 unspecified atom stereocenters. The Bertz CT molecular complexity index is 518. The fourth-order valence-electron chi connectivity index (χ4n) is 2.48. The minimum atomic E-state index is -1.14. The Kier molecular flexibility index (Phi) is 3.81. The zero-order chi connectivity index (χ0) is 13.1. The fourth-order valence-corrected chi connectivity index (χ4v) is 2.48. The van der Waals surface area contributed by atoms with E-state index in [2.05, 4.69) is 0 Å². The first kappa shape index (κ1) is 12.8. The number of hydrogen-bond acceptors (Lipinski definition) is 3. The van der Waals surface area contributed by atoms with Gasteiger partial charge in [0.2, 0.25) is 0 Å². The molecule has 0 aliphatic heterocycles. The lowest BCUT2D eigenvalue weighted by molar-refractivity contribution is 0.0694. The van der Waals surface area contributed by atoms with Crippen LogP contribution in [0.15, 0.2) is 10.9 Å². The highest BCUT2D eigenvalue weighted by atomic mass is 16.5. The summed E-state index contributed by atoms with van der Waals surface area (Å²) in [7, 11) is 1.61. The largest absolute Gasteiger partial charge is 0.477 e. The molecule has 1 N–H and O–H groups in total. The number of ether oxygens (including phenoxy) is 1. The Balaban J connectivity index is 2.42. The standard InChI is InChI=1S/C13H17NO4/c1-18-7-3-6-14-11-5-2-4-9(11)8-10(12(14)15)13(16)17/h8H,2-7H2,1H3,(H,16,17). The molecule has 0 atom stereocenters. The number of carboxylic acids is 1. The van der Waals surface area contributed by atoms with Crippen LogP contribution < -0.4 is 5.56 Å². The second-order valence-corrected chi connectivity index (χ2v) is 4.49. The van der Waals surface area contributed by atoms with Crippen LogP contribution >= 0.6 is 0 Å². The number of aromatic carboxylic acids is 1. The van der Waals surface area contributed by atoms with Gasteiger partial charge in [-0.25, -0.2) is 4.79 Å². The van der Waals surface area contributed by atoms with Gasteiger partial charge in [-0.1, -0.05) is 0 Å². The van der Waals surface area contributed by atoms with Crippen LogP contribution in [-0.2, 0) is 24.1 Å². The van der Waals surface area contributed by atoms with Gasteiger partial charge in [0.1, 0.15) is 5.56 Å². The molecular formula is C13H17NO4. The van der Waals surface area contributed by atoms with Gasteiger partial charge in [0.05, 0.1) is 0 Å². The van der Waals surface area contributed by atoms with E-state index in [-0.39, 0.29) is 11.1 Å². The summed E-state index contributed by atoms with van der Waals surface area (Å²) in [6, 6.07) is 1.54. The zero-order valence-corrected chi connectivity index (χ0v) is 10.4. The van der Waals surface area contributed by atoms with Gasteiger partial charge < -0.3 is 14.4 Å². The summed E-state index contributed by atoms with van der Waals surface area (Å²) in [6.07, 6.45) is 3.42. The van der Waals surface area contributed by atoms with Gasteiger partial charge in [-0.2, -0.15) is 0 Å². The predicted octanol–water partition coefficient (Wildman–Crippen LogP) is 1.07. The van der Waals surface area contributed by atoms with Crippen molar-refractivity contribution in [3.8, 4) is 0 Å². The summed E-state index contributed by atoms with van der Waals surface area (Å²) >= 11 is 0. The first-order chi connectivity index (χ1) is 8.65. The zero-order valence-electron chi connectivity index (χ0n) is 10.4. The van der Waals surface area contributed by atoms with E-state index in [1.54, 1.807) is 17.7 Å². The second kappa shape index (κ2) is 5.35. The van der Waals surface area contributed by atoms with E-state index in [4.69, 9.17) is 9.84 Å². The molecule has 1 aromatic rings. The molecule has 18 heavy (non-hydrogen) atoms. The first-order valence-corrected chi connectivity index (χ1v) is 6.13. The minimum Gasteiger partial charge on any atom is -0.477 e. The van der Waals surface area contributed by atoms with E-state index in [9.17, 15) is 9.59 Å². The molecule has 0 saturated carbocycles. The van der Waals surface area contributed by atoms with Gasteiger partial charge in [-0.15, -0.1) is 0 Å². The number of nitrogens with zero attached hydrogens (tertiary/aromatic N) is 1. The number of carboxylic acid groups (broad SMARTS) is 1. The van der Waals surface area contributed by atoms with Gasteiger partial charge in [0.15, 0.2) is 0 Å². The van der Waals surface area contributed by atoms with Crippen LogP contribution in [-0.4, -0.2) is 29.4 Å². The average molecular weight is 251 g/mol. The molecule has 0 amide bonds. The minimum absolute atomic E-state index is 0.118. The molecular weight excluding hydrogens is 234 g/mol. The number of aryl methyl sites for hydroxylation is 1. The van der Waals surface area contributed by atoms with Crippen molar-refractivity contribution in [2.24, 2.45) is 0 Å². The third-order valence-corrected chi connectivity index (χ3v) is 3.31. The van der Waals surface area contributed by atoms with Crippen LogP contribution in [0.2, 0.25) is 0 Å².